The van der Waals surface area contributed by atoms with Crippen LogP contribution in [-0.2, 0) is 6.42 Å². The third-order valence-electron chi connectivity index (χ3n) is 2.77. The van der Waals surface area contributed by atoms with E-state index in [1.165, 1.54) is 5.56 Å². The summed E-state index contributed by atoms with van der Waals surface area (Å²) in [5, 5.41) is 0. The van der Waals surface area contributed by atoms with E-state index in [1.54, 1.807) is 0 Å². The molecule has 0 spiro atoms. The standard InChI is InChI=1S/C14H10Br2N2/c15-10-7-11(16)14-12(8-10)17-13(18-14)6-9-4-2-1-3-5-9/h1-5,7-8H,6H2,(H,17,18). The molecule has 1 heterocycles. The molecule has 0 bridgehead atoms. The molecule has 0 aliphatic heterocycles. The van der Waals surface area contributed by atoms with Gasteiger partial charge < -0.3 is 4.98 Å². The third kappa shape index (κ3) is 2.35. The van der Waals surface area contributed by atoms with Gasteiger partial charge in [-0.05, 0) is 33.6 Å². The van der Waals surface area contributed by atoms with E-state index in [1.807, 2.05) is 30.3 Å². The molecule has 0 aliphatic carbocycles. The number of aromatic amines is 1. The van der Waals surface area contributed by atoms with E-state index in [4.69, 9.17) is 0 Å². The maximum Gasteiger partial charge on any atom is 0.111 e. The molecule has 1 aromatic heterocycles. The number of halogens is 2. The molecule has 0 aliphatic rings. The monoisotopic (exact) mass is 364 g/mol. The SMILES string of the molecule is Brc1cc(Br)c2nc(Cc3ccccc3)[nH]c2c1. The molecule has 0 saturated heterocycles. The number of rotatable bonds is 2. The topological polar surface area (TPSA) is 28.7 Å². The molecular weight excluding hydrogens is 356 g/mol. The van der Waals surface area contributed by atoms with Crippen molar-refractivity contribution in [1.82, 2.24) is 9.97 Å². The van der Waals surface area contributed by atoms with Crippen LogP contribution in [0.4, 0.5) is 0 Å². The van der Waals surface area contributed by atoms with Crippen molar-refractivity contribution in [1.29, 1.82) is 0 Å². The van der Waals surface area contributed by atoms with Crippen LogP contribution in [0.5, 0.6) is 0 Å². The summed E-state index contributed by atoms with van der Waals surface area (Å²) in [7, 11) is 0. The van der Waals surface area contributed by atoms with Crippen molar-refractivity contribution in [3.05, 3.63) is 62.8 Å². The summed E-state index contributed by atoms with van der Waals surface area (Å²) in [4.78, 5) is 7.98. The van der Waals surface area contributed by atoms with Gasteiger partial charge in [0.05, 0.1) is 5.52 Å². The van der Waals surface area contributed by atoms with E-state index in [0.717, 1.165) is 32.2 Å². The molecular formula is C14H10Br2N2. The Morgan fingerprint density at radius 3 is 2.61 bits per heavy atom. The molecule has 0 atom stereocenters. The highest BCUT2D eigenvalue weighted by atomic mass is 79.9. The molecule has 4 heteroatoms. The number of nitrogens with zero attached hydrogens (tertiary/aromatic N) is 1. The van der Waals surface area contributed by atoms with Crippen molar-refractivity contribution in [2.75, 3.05) is 0 Å². The third-order valence-corrected chi connectivity index (χ3v) is 3.83. The average Bonchev–Trinajstić information content (AvgIpc) is 2.73. The minimum atomic E-state index is 0.819. The van der Waals surface area contributed by atoms with Gasteiger partial charge in [0.1, 0.15) is 11.3 Å². The quantitative estimate of drug-likeness (QED) is 0.701. The summed E-state index contributed by atoms with van der Waals surface area (Å²) in [6.45, 7) is 0. The second-order valence-electron chi connectivity index (χ2n) is 4.13. The van der Waals surface area contributed by atoms with Gasteiger partial charge in [-0.1, -0.05) is 46.3 Å². The number of nitrogens with one attached hydrogen (secondary N) is 1. The first-order valence-corrected chi connectivity index (χ1v) is 7.18. The van der Waals surface area contributed by atoms with Crippen LogP contribution in [0.15, 0.2) is 51.4 Å². The van der Waals surface area contributed by atoms with Crippen molar-refractivity contribution in [2.24, 2.45) is 0 Å². The molecule has 3 aromatic rings. The van der Waals surface area contributed by atoms with Gasteiger partial charge in [-0.3, -0.25) is 0 Å². The highest BCUT2D eigenvalue weighted by Crippen LogP contribution is 2.27. The largest absolute Gasteiger partial charge is 0.342 e. The number of fused-ring (bicyclic) bond motifs is 1. The molecule has 0 amide bonds. The van der Waals surface area contributed by atoms with Crippen molar-refractivity contribution < 1.29 is 0 Å². The zero-order valence-corrected chi connectivity index (χ0v) is 12.6. The van der Waals surface area contributed by atoms with Crippen LogP contribution in [0.3, 0.4) is 0 Å². The second-order valence-corrected chi connectivity index (χ2v) is 5.90. The summed E-state index contributed by atoms with van der Waals surface area (Å²) in [6.07, 6.45) is 0.819. The van der Waals surface area contributed by atoms with Crippen molar-refractivity contribution in [2.45, 2.75) is 6.42 Å². The predicted octanol–water partition coefficient (Wildman–Crippen LogP) is 4.68. The Hall–Kier alpha value is -1.13. The second kappa shape index (κ2) is 4.86. The number of H-pyrrole nitrogens is 1. The highest BCUT2D eigenvalue weighted by molar-refractivity contribution is 9.11. The number of aromatic nitrogens is 2. The van der Waals surface area contributed by atoms with Crippen LogP contribution in [0, 0.1) is 0 Å². The van der Waals surface area contributed by atoms with Crippen LogP contribution < -0.4 is 0 Å². The van der Waals surface area contributed by atoms with Crippen LogP contribution in [0.1, 0.15) is 11.4 Å². The fourth-order valence-corrected chi connectivity index (χ4v) is 3.28. The van der Waals surface area contributed by atoms with E-state index < -0.39 is 0 Å². The maximum atomic E-state index is 4.63. The Balaban J connectivity index is 2.01. The van der Waals surface area contributed by atoms with Gasteiger partial charge in [0.25, 0.3) is 0 Å². The summed E-state index contributed by atoms with van der Waals surface area (Å²) < 4.78 is 2.04. The lowest BCUT2D eigenvalue weighted by Crippen LogP contribution is -1.89. The van der Waals surface area contributed by atoms with Gasteiger partial charge in [0.2, 0.25) is 0 Å². The van der Waals surface area contributed by atoms with Gasteiger partial charge in [0.15, 0.2) is 0 Å². The highest BCUT2D eigenvalue weighted by Gasteiger charge is 2.07. The zero-order valence-electron chi connectivity index (χ0n) is 9.45. The van der Waals surface area contributed by atoms with E-state index in [2.05, 4.69) is 54.0 Å². The van der Waals surface area contributed by atoms with Gasteiger partial charge in [-0.15, -0.1) is 0 Å². The molecule has 0 saturated carbocycles. The van der Waals surface area contributed by atoms with Gasteiger partial charge in [-0.25, -0.2) is 4.98 Å². The van der Waals surface area contributed by atoms with E-state index in [0.29, 0.717) is 0 Å². The van der Waals surface area contributed by atoms with E-state index in [9.17, 15) is 0 Å². The Morgan fingerprint density at radius 2 is 1.83 bits per heavy atom. The van der Waals surface area contributed by atoms with Crippen LogP contribution >= 0.6 is 31.9 Å². The molecule has 3 rings (SSSR count). The predicted molar refractivity (Wildman–Crippen MR) is 80.7 cm³/mol. The van der Waals surface area contributed by atoms with Crippen molar-refractivity contribution in [3.8, 4) is 0 Å². The summed E-state index contributed by atoms with van der Waals surface area (Å²) >= 11 is 7.02. The molecule has 2 nitrogen and oxygen atoms in total. The maximum absolute atomic E-state index is 4.63. The summed E-state index contributed by atoms with van der Waals surface area (Å²) in [5.41, 5.74) is 3.28. The summed E-state index contributed by atoms with van der Waals surface area (Å²) in [6, 6.07) is 14.4. The molecule has 1 N–H and O–H groups in total. The number of benzene rings is 2. The Kier molecular flexibility index (Phi) is 3.22. The number of hydrogen-bond acceptors (Lipinski definition) is 1. The minimum Gasteiger partial charge on any atom is -0.342 e. The van der Waals surface area contributed by atoms with Crippen LogP contribution in [0.2, 0.25) is 0 Å². The first-order chi connectivity index (χ1) is 8.72. The van der Waals surface area contributed by atoms with Crippen molar-refractivity contribution in [3.63, 3.8) is 0 Å². The van der Waals surface area contributed by atoms with Gasteiger partial charge >= 0.3 is 0 Å². The van der Waals surface area contributed by atoms with E-state index in [-0.39, 0.29) is 0 Å². The van der Waals surface area contributed by atoms with Crippen LogP contribution in [-0.4, -0.2) is 9.97 Å². The van der Waals surface area contributed by atoms with E-state index >= 15 is 0 Å². The first kappa shape index (κ1) is 11.9. The lowest BCUT2D eigenvalue weighted by atomic mass is 10.1. The van der Waals surface area contributed by atoms with Crippen molar-refractivity contribution >= 4 is 42.9 Å². The smallest absolute Gasteiger partial charge is 0.111 e. The first-order valence-electron chi connectivity index (χ1n) is 5.60. The minimum absolute atomic E-state index is 0.819. The fraction of sp³-hybridized carbons (Fsp3) is 0.0714. The average molecular weight is 366 g/mol. The molecule has 90 valence electrons. The number of hydrogen-bond donors (Lipinski definition) is 1. The molecule has 18 heavy (non-hydrogen) atoms. The molecule has 0 fully saturated rings. The normalized spacial score (nSPS) is 11.0. The van der Waals surface area contributed by atoms with Gasteiger partial charge in [0, 0.05) is 15.4 Å². The zero-order chi connectivity index (χ0) is 12.5. The molecule has 0 radical (unpaired) electrons. The lowest BCUT2D eigenvalue weighted by molar-refractivity contribution is 1.04. The molecule has 0 unspecified atom stereocenters. The summed E-state index contributed by atoms with van der Waals surface area (Å²) in [5.74, 6) is 0.981. The Bertz CT molecular complexity index is 690. The van der Waals surface area contributed by atoms with Gasteiger partial charge in [-0.2, -0.15) is 0 Å². The Morgan fingerprint density at radius 1 is 1.06 bits per heavy atom. The number of imidazole rings is 1. The fourth-order valence-electron chi connectivity index (χ4n) is 1.97. The lowest BCUT2D eigenvalue weighted by Gasteiger charge is -1.96. The molecule has 2 aromatic carbocycles. The van der Waals surface area contributed by atoms with Crippen LogP contribution in [0.25, 0.3) is 11.0 Å². The Labute approximate surface area is 122 Å².